The Kier molecular flexibility index (Phi) is 5.11. The van der Waals surface area contributed by atoms with Gasteiger partial charge in [0.25, 0.3) is 0 Å². The summed E-state index contributed by atoms with van der Waals surface area (Å²) in [5, 5.41) is 0.988. The molecule has 0 saturated heterocycles. The highest BCUT2D eigenvalue weighted by Crippen LogP contribution is 2.36. The van der Waals surface area contributed by atoms with Crippen molar-refractivity contribution in [3.05, 3.63) is 18.2 Å². The molecule has 0 N–H and O–H groups in total. The Balaban J connectivity index is 1.65. The van der Waals surface area contributed by atoms with Gasteiger partial charge in [-0.05, 0) is 51.3 Å². The van der Waals surface area contributed by atoms with Crippen LogP contribution in [0.1, 0.15) is 40.0 Å². The van der Waals surface area contributed by atoms with Crippen LogP contribution in [-0.4, -0.2) is 18.6 Å². The first kappa shape index (κ1) is 16.6. The minimum Gasteiger partial charge on any atom is -0.488 e. The summed E-state index contributed by atoms with van der Waals surface area (Å²) in [5.41, 5.74) is 0. The normalized spacial score (nSPS) is 27.6. The van der Waals surface area contributed by atoms with E-state index >= 15 is 0 Å². The zero-order valence-corrected chi connectivity index (χ0v) is 15.0. The van der Waals surface area contributed by atoms with Crippen LogP contribution in [0.2, 0.25) is 0 Å². The fraction of sp³-hybridized carbons (Fsp3) is 0.611. The zero-order chi connectivity index (χ0) is 16.4. The lowest BCUT2D eigenvalue weighted by Gasteiger charge is -2.36. The first-order chi connectivity index (χ1) is 11.0. The fourth-order valence-electron chi connectivity index (χ4n) is 3.56. The van der Waals surface area contributed by atoms with Crippen LogP contribution in [0.15, 0.2) is 18.2 Å². The number of hydrogen-bond donors (Lipinski definition) is 0. The molecule has 4 atom stereocenters. The highest BCUT2D eigenvalue weighted by atomic mass is 31.1. The molecule has 0 spiro atoms. The summed E-state index contributed by atoms with van der Waals surface area (Å²) in [7, 11) is 0.518. The Bertz CT molecular complexity index is 572. The van der Waals surface area contributed by atoms with E-state index in [-0.39, 0.29) is 6.10 Å². The summed E-state index contributed by atoms with van der Waals surface area (Å²) >= 11 is 0. The van der Waals surface area contributed by atoms with Gasteiger partial charge >= 0.3 is 6.16 Å². The Morgan fingerprint density at radius 1 is 1.35 bits per heavy atom. The fourth-order valence-corrected chi connectivity index (χ4v) is 4.57. The van der Waals surface area contributed by atoms with Crippen molar-refractivity contribution < 1.29 is 19.0 Å². The maximum absolute atomic E-state index is 12.3. The van der Waals surface area contributed by atoms with Gasteiger partial charge in [-0.2, -0.15) is 0 Å². The molecule has 126 valence electrons. The molecule has 0 amide bonds. The molecule has 3 rings (SSSR count). The van der Waals surface area contributed by atoms with Gasteiger partial charge in [0, 0.05) is 0 Å². The molecule has 1 aliphatic heterocycles. The predicted octanol–water partition coefficient (Wildman–Crippen LogP) is 4.32. The Hall–Kier alpha value is -1.28. The van der Waals surface area contributed by atoms with E-state index in [1.165, 1.54) is 6.42 Å². The molecule has 0 bridgehead atoms. The molecule has 2 aliphatic rings. The molecule has 1 saturated carbocycles. The maximum Gasteiger partial charge on any atom is 0.514 e. The third-order valence-corrected chi connectivity index (χ3v) is 6.00. The van der Waals surface area contributed by atoms with Crippen molar-refractivity contribution in [1.29, 1.82) is 0 Å². The summed E-state index contributed by atoms with van der Waals surface area (Å²) < 4.78 is 16.7. The summed E-state index contributed by atoms with van der Waals surface area (Å²) in [6.07, 6.45) is 3.30. The van der Waals surface area contributed by atoms with E-state index in [1.807, 2.05) is 18.2 Å². The van der Waals surface area contributed by atoms with Crippen molar-refractivity contribution in [2.45, 2.75) is 46.1 Å². The second-order valence-corrected chi connectivity index (χ2v) is 8.07. The molecule has 1 aromatic carbocycles. The quantitative estimate of drug-likeness (QED) is 0.468. The second-order valence-electron chi connectivity index (χ2n) is 6.93. The summed E-state index contributed by atoms with van der Waals surface area (Å²) in [6, 6.07) is 5.56. The molecular formula is C18H25O4P. The number of rotatable bonds is 3. The third-order valence-electron chi connectivity index (χ3n) is 4.87. The lowest BCUT2D eigenvalue weighted by molar-refractivity contribution is -0.0135. The largest absolute Gasteiger partial charge is 0.514 e. The predicted molar refractivity (Wildman–Crippen MR) is 92.1 cm³/mol. The summed E-state index contributed by atoms with van der Waals surface area (Å²) in [4.78, 5) is 12.3. The number of carbonyl (C=O) groups excluding carboxylic acids is 1. The summed E-state index contributed by atoms with van der Waals surface area (Å²) in [5.74, 6) is 2.92. The Morgan fingerprint density at radius 3 is 2.96 bits per heavy atom. The van der Waals surface area contributed by atoms with E-state index in [1.54, 1.807) is 0 Å². The van der Waals surface area contributed by atoms with Crippen LogP contribution in [-0.2, 0) is 4.74 Å². The van der Waals surface area contributed by atoms with Gasteiger partial charge in [0.2, 0.25) is 0 Å². The van der Waals surface area contributed by atoms with Gasteiger partial charge in [0.05, 0.1) is 5.30 Å². The van der Waals surface area contributed by atoms with Gasteiger partial charge in [-0.1, -0.05) is 33.3 Å². The molecule has 23 heavy (non-hydrogen) atoms. The lowest BCUT2D eigenvalue weighted by Crippen LogP contribution is -2.36. The van der Waals surface area contributed by atoms with Crippen molar-refractivity contribution in [2.24, 2.45) is 17.8 Å². The average Bonchev–Trinajstić information content (AvgIpc) is 2.96. The van der Waals surface area contributed by atoms with E-state index in [4.69, 9.17) is 14.2 Å². The molecule has 4 nitrogen and oxygen atoms in total. The standard InChI is InChI=1S/C18H25O4P/c1-11(2)13-8-7-12(3)9-16(13)22-18(19)21-15-6-4-5-14-17(15)23-10-20-14/h4-6,11-13,16,23H,7-10H2,1-3H3/t12-,13?,16-/m0/s1. The number of ether oxygens (including phenoxy) is 3. The minimum absolute atomic E-state index is 0.0401. The Labute approximate surface area is 139 Å². The SMILES string of the molecule is CC(C)C1CC[C@H](C)C[C@@H]1OC(=O)Oc1cccc2c1PCO2. The van der Waals surface area contributed by atoms with Gasteiger partial charge in [0.1, 0.15) is 24.0 Å². The van der Waals surface area contributed by atoms with Crippen LogP contribution in [0.3, 0.4) is 0 Å². The second kappa shape index (κ2) is 7.09. The van der Waals surface area contributed by atoms with Crippen LogP contribution < -0.4 is 14.8 Å². The number of hydrogen-bond acceptors (Lipinski definition) is 4. The van der Waals surface area contributed by atoms with Crippen molar-refractivity contribution in [2.75, 3.05) is 6.35 Å². The van der Waals surface area contributed by atoms with Gasteiger partial charge in [-0.25, -0.2) is 4.79 Å². The highest BCUT2D eigenvalue weighted by molar-refractivity contribution is 7.48. The molecule has 1 fully saturated rings. The first-order valence-electron chi connectivity index (χ1n) is 8.42. The van der Waals surface area contributed by atoms with Crippen molar-refractivity contribution >= 4 is 20.0 Å². The average molecular weight is 336 g/mol. The number of benzene rings is 1. The smallest absolute Gasteiger partial charge is 0.488 e. The molecule has 1 aliphatic carbocycles. The van der Waals surface area contributed by atoms with Crippen molar-refractivity contribution in [1.82, 2.24) is 0 Å². The number of carbonyl (C=O) groups is 1. The lowest BCUT2D eigenvalue weighted by atomic mass is 9.75. The van der Waals surface area contributed by atoms with E-state index in [0.717, 1.165) is 23.9 Å². The summed E-state index contributed by atoms with van der Waals surface area (Å²) in [6.45, 7) is 6.62. The molecular weight excluding hydrogens is 311 g/mol. The van der Waals surface area contributed by atoms with Gasteiger partial charge in [-0.15, -0.1) is 0 Å². The van der Waals surface area contributed by atoms with Crippen LogP contribution in [0.5, 0.6) is 11.5 Å². The first-order valence-corrected chi connectivity index (χ1v) is 9.63. The molecule has 1 aromatic rings. The van der Waals surface area contributed by atoms with E-state index in [9.17, 15) is 4.79 Å². The van der Waals surface area contributed by atoms with Crippen molar-refractivity contribution in [3.8, 4) is 11.5 Å². The van der Waals surface area contributed by atoms with Crippen LogP contribution >= 0.6 is 8.58 Å². The van der Waals surface area contributed by atoms with Crippen LogP contribution in [0, 0.1) is 17.8 Å². The highest BCUT2D eigenvalue weighted by Gasteiger charge is 2.34. The third kappa shape index (κ3) is 3.80. The van der Waals surface area contributed by atoms with Crippen molar-refractivity contribution in [3.63, 3.8) is 0 Å². The van der Waals surface area contributed by atoms with Gasteiger partial charge < -0.3 is 14.2 Å². The molecule has 0 aromatic heterocycles. The van der Waals surface area contributed by atoms with E-state index in [0.29, 0.717) is 38.4 Å². The molecule has 5 heteroatoms. The monoisotopic (exact) mass is 336 g/mol. The van der Waals surface area contributed by atoms with Gasteiger partial charge in [0.15, 0.2) is 0 Å². The minimum atomic E-state index is -0.583. The Morgan fingerprint density at radius 2 is 2.17 bits per heavy atom. The molecule has 2 unspecified atom stereocenters. The maximum atomic E-state index is 12.3. The number of fused-ring (bicyclic) bond motifs is 1. The van der Waals surface area contributed by atoms with Gasteiger partial charge in [-0.3, -0.25) is 0 Å². The van der Waals surface area contributed by atoms with E-state index < -0.39 is 6.16 Å². The molecule has 1 heterocycles. The zero-order valence-electron chi connectivity index (χ0n) is 14.0. The molecule has 0 radical (unpaired) electrons. The topological polar surface area (TPSA) is 44.8 Å². The van der Waals surface area contributed by atoms with Crippen LogP contribution in [0.4, 0.5) is 4.79 Å². The van der Waals surface area contributed by atoms with Crippen LogP contribution in [0.25, 0.3) is 0 Å². The van der Waals surface area contributed by atoms with E-state index in [2.05, 4.69) is 20.8 Å².